The lowest BCUT2D eigenvalue weighted by Crippen LogP contribution is -1.95. The number of aromatic carboxylic acids is 1. The van der Waals surface area contributed by atoms with Crippen LogP contribution < -0.4 is 0 Å². The Morgan fingerprint density at radius 2 is 2.25 bits per heavy atom. The van der Waals surface area contributed by atoms with Crippen molar-refractivity contribution in [3.63, 3.8) is 0 Å². The van der Waals surface area contributed by atoms with Crippen molar-refractivity contribution in [2.45, 2.75) is 17.6 Å². The fourth-order valence-corrected chi connectivity index (χ4v) is 3.63. The van der Waals surface area contributed by atoms with Gasteiger partial charge >= 0.3 is 5.97 Å². The van der Waals surface area contributed by atoms with Gasteiger partial charge in [-0.1, -0.05) is 12.1 Å². The zero-order valence-electron chi connectivity index (χ0n) is 10.5. The van der Waals surface area contributed by atoms with Crippen molar-refractivity contribution in [1.29, 1.82) is 0 Å². The molecule has 2 rings (SSSR count). The van der Waals surface area contributed by atoms with E-state index in [2.05, 4.69) is 0 Å². The molecule has 2 aromatic rings. The summed E-state index contributed by atoms with van der Waals surface area (Å²) in [4.78, 5) is 22.4. The second-order valence-corrected chi connectivity index (χ2v) is 6.02. The Hall–Kier alpha value is -1.86. The van der Waals surface area contributed by atoms with Crippen molar-refractivity contribution in [3.05, 3.63) is 55.8 Å². The Bertz CT molecular complexity index is 666. The molecule has 0 saturated heterocycles. The lowest BCUT2D eigenvalue weighted by atomic mass is 10.1. The van der Waals surface area contributed by atoms with Gasteiger partial charge in [0, 0.05) is 27.7 Å². The maximum absolute atomic E-state index is 10.9. The van der Waals surface area contributed by atoms with Crippen LogP contribution in [0.4, 0.5) is 5.69 Å². The van der Waals surface area contributed by atoms with Gasteiger partial charge in [0.15, 0.2) is 0 Å². The van der Waals surface area contributed by atoms with Crippen LogP contribution in [0.1, 0.15) is 20.8 Å². The number of carbonyl (C=O) groups is 1. The van der Waals surface area contributed by atoms with Crippen LogP contribution >= 0.6 is 23.1 Å². The summed E-state index contributed by atoms with van der Waals surface area (Å²) in [7, 11) is 0. The molecule has 1 N–H and O–H groups in total. The fraction of sp³-hybridized carbons (Fsp3) is 0.154. The molecule has 0 aliphatic heterocycles. The molecular weight excluding hydrogens is 298 g/mol. The molecular formula is C13H11NO4S2. The topological polar surface area (TPSA) is 80.4 Å². The van der Waals surface area contributed by atoms with Gasteiger partial charge in [0.2, 0.25) is 0 Å². The summed E-state index contributed by atoms with van der Waals surface area (Å²) in [5.74, 6) is -0.364. The SMILES string of the molecule is Cc1c(CSc2csc(C(=O)O)c2)cccc1[N+](=O)[O-]. The number of carboxylic acids is 1. The van der Waals surface area contributed by atoms with Crippen LogP contribution in [0, 0.1) is 17.0 Å². The van der Waals surface area contributed by atoms with Crippen molar-refractivity contribution >= 4 is 34.8 Å². The number of hydrogen-bond donors (Lipinski definition) is 1. The van der Waals surface area contributed by atoms with Gasteiger partial charge in [0.05, 0.1) is 4.92 Å². The van der Waals surface area contributed by atoms with Gasteiger partial charge in [-0.15, -0.1) is 23.1 Å². The minimum Gasteiger partial charge on any atom is -0.477 e. The summed E-state index contributed by atoms with van der Waals surface area (Å²) in [5.41, 5.74) is 1.64. The van der Waals surface area contributed by atoms with Gasteiger partial charge in [-0.25, -0.2) is 4.79 Å². The summed E-state index contributed by atoms with van der Waals surface area (Å²) in [6.45, 7) is 1.73. The molecule has 20 heavy (non-hydrogen) atoms. The summed E-state index contributed by atoms with van der Waals surface area (Å²) in [6, 6.07) is 6.61. The highest BCUT2D eigenvalue weighted by Gasteiger charge is 2.13. The van der Waals surface area contributed by atoms with Crippen molar-refractivity contribution in [2.75, 3.05) is 0 Å². The first-order chi connectivity index (χ1) is 9.49. The van der Waals surface area contributed by atoms with Crippen molar-refractivity contribution in [2.24, 2.45) is 0 Å². The Morgan fingerprint density at radius 1 is 1.50 bits per heavy atom. The van der Waals surface area contributed by atoms with Crippen molar-refractivity contribution in [3.8, 4) is 0 Å². The minimum absolute atomic E-state index is 0.111. The van der Waals surface area contributed by atoms with E-state index in [0.717, 1.165) is 10.5 Å². The van der Waals surface area contributed by atoms with E-state index < -0.39 is 10.9 Å². The molecule has 1 aromatic heterocycles. The number of carboxylic acid groups (broad SMARTS) is 1. The van der Waals surface area contributed by atoms with Crippen LogP contribution in [0.15, 0.2) is 34.5 Å². The zero-order chi connectivity index (χ0) is 14.7. The molecule has 0 unspecified atom stereocenters. The molecule has 0 saturated carbocycles. The van der Waals surface area contributed by atoms with E-state index in [4.69, 9.17) is 5.11 Å². The quantitative estimate of drug-likeness (QED) is 0.514. The van der Waals surface area contributed by atoms with Crippen LogP contribution in [-0.2, 0) is 5.75 Å². The standard InChI is InChI=1S/C13H11NO4S2/c1-8-9(3-2-4-11(8)14(17)18)6-19-10-5-12(13(15)16)20-7-10/h2-5,7H,6H2,1H3,(H,15,16). The Kier molecular flexibility index (Phi) is 4.41. The Labute approximate surface area is 123 Å². The second kappa shape index (κ2) is 6.06. The predicted molar refractivity (Wildman–Crippen MR) is 78.7 cm³/mol. The molecule has 1 aromatic carbocycles. The number of thiophene rings is 1. The average molecular weight is 309 g/mol. The fourth-order valence-electron chi connectivity index (χ4n) is 1.69. The molecule has 0 amide bonds. The monoisotopic (exact) mass is 309 g/mol. The van der Waals surface area contributed by atoms with E-state index in [0.29, 0.717) is 16.2 Å². The smallest absolute Gasteiger partial charge is 0.345 e. The Morgan fingerprint density at radius 3 is 2.85 bits per heavy atom. The summed E-state index contributed by atoms with van der Waals surface area (Å²) < 4.78 is 0. The maximum atomic E-state index is 10.9. The molecule has 1 heterocycles. The number of nitrogens with zero attached hydrogens (tertiary/aromatic N) is 1. The maximum Gasteiger partial charge on any atom is 0.345 e. The number of benzene rings is 1. The number of hydrogen-bond acceptors (Lipinski definition) is 5. The lowest BCUT2D eigenvalue weighted by molar-refractivity contribution is -0.385. The molecule has 0 fully saturated rings. The van der Waals surface area contributed by atoms with Gasteiger partial charge in [0.25, 0.3) is 5.69 Å². The van der Waals surface area contributed by atoms with Crippen molar-refractivity contribution < 1.29 is 14.8 Å². The third kappa shape index (κ3) is 3.17. The van der Waals surface area contributed by atoms with E-state index in [1.807, 2.05) is 6.07 Å². The van der Waals surface area contributed by atoms with Gasteiger partial charge in [0.1, 0.15) is 4.88 Å². The minimum atomic E-state index is -0.937. The summed E-state index contributed by atoms with van der Waals surface area (Å²) in [5, 5.41) is 21.5. The van der Waals surface area contributed by atoms with Crippen LogP contribution in [0.3, 0.4) is 0 Å². The van der Waals surface area contributed by atoms with Gasteiger partial charge in [-0.3, -0.25) is 10.1 Å². The van der Waals surface area contributed by atoms with E-state index in [9.17, 15) is 14.9 Å². The number of nitro benzene ring substituents is 1. The largest absolute Gasteiger partial charge is 0.477 e. The van der Waals surface area contributed by atoms with Gasteiger partial charge in [-0.05, 0) is 18.6 Å². The highest BCUT2D eigenvalue weighted by atomic mass is 32.2. The normalized spacial score (nSPS) is 10.4. The second-order valence-electron chi connectivity index (χ2n) is 4.06. The zero-order valence-corrected chi connectivity index (χ0v) is 12.2. The molecule has 0 radical (unpaired) electrons. The highest BCUT2D eigenvalue weighted by molar-refractivity contribution is 7.98. The van der Waals surface area contributed by atoms with Crippen molar-refractivity contribution in [1.82, 2.24) is 0 Å². The van der Waals surface area contributed by atoms with Gasteiger partial charge in [-0.2, -0.15) is 0 Å². The lowest BCUT2D eigenvalue weighted by Gasteiger charge is -2.05. The predicted octanol–water partition coefficient (Wildman–Crippen LogP) is 3.96. The highest BCUT2D eigenvalue weighted by Crippen LogP contribution is 2.30. The Balaban J connectivity index is 2.12. The van der Waals surface area contributed by atoms with Crippen LogP contribution in [0.2, 0.25) is 0 Å². The molecule has 0 atom stereocenters. The van der Waals surface area contributed by atoms with E-state index in [1.54, 1.807) is 24.4 Å². The van der Waals surface area contributed by atoms with E-state index in [1.165, 1.54) is 29.2 Å². The van der Waals surface area contributed by atoms with Crippen LogP contribution in [-0.4, -0.2) is 16.0 Å². The van der Waals surface area contributed by atoms with Crippen LogP contribution in [0.25, 0.3) is 0 Å². The molecule has 0 bridgehead atoms. The molecule has 104 valence electrons. The number of nitro groups is 1. The molecule has 0 spiro atoms. The first kappa shape index (κ1) is 14.5. The summed E-state index contributed by atoms with van der Waals surface area (Å²) in [6.07, 6.45) is 0. The molecule has 7 heteroatoms. The first-order valence-electron chi connectivity index (χ1n) is 5.66. The summed E-state index contributed by atoms with van der Waals surface area (Å²) >= 11 is 2.65. The average Bonchev–Trinajstić information content (AvgIpc) is 2.86. The number of rotatable bonds is 5. The first-order valence-corrected chi connectivity index (χ1v) is 7.53. The third-order valence-electron chi connectivity index (χ3n) is 2.79. The molecule has 5 nitrogen and oxygen atoms in total. The van der Waals surface area contributed by atoms with E-state index in [-0.39, 0.29) is 5.69 Å². The van der Waals surface area contributed by atoms with Crippen LogP contribution in [0.5, 0.6) is 0 Å². The van der Waals surface area contributed by atoms with E-state index >= 15 is 0 Å². The third-order valence-corrected chi connectivity index (χ3v) is 4.89. The van der Waals surface area contributed by atoms with Gasteiger partial charge < -0.3 is 5.11 Å². The molecule has 0 aliphatic carbocycles. The number of thioether (sulfide) groups is 1. The molecule has 0 aliphatic rings.